The number of esters is 4. The zero-order valence-electron chi connectivity index (χ0n) is 23.3. The van der Waals surface area contributed by atoms with E-state index in [-0.39, 0.29) is 25.4 Å². The van der Waals surface area contributed by atoms with Crippen LogP contribution in [0.1, 0.15) is 61.8 Å². The third-order valence-electron chi connectivity index (χ3n) is 4.98. The van der Waals surface area contributed by atoms with Gasteiger partial charge in [0, 0.05) is 46.5 Å². The summed E-state index contributed by atoms with van der Waals surface area (Å²) in [5, 5.41) is 0. The molecule has 0 radical (unpaired) electrons. The molecule has 0 aliphatic carbocycles. The number of hydrogen-bond acceptors (Lipinski definition) is 12. The molecule has 0 bridgehead atoms. The van der Waals surface area contributed by atoms with Crippen molar-refractivity contribution in [2.24, 2.45) is 0 Å². The van der Waals surface area contributed by atoms with Crippen molar-refractivity contribution in [2.45, 2.75) is 117 Å². The molecule has 0 aromatic carbocycles. The molecule has 0 amide bonds. The molecule has 214 valence electrons. The topological polar surface area (TPSA) is 142 Å². The van der Waals surface area contributed by atoms with Crippen molar-refractivity contribution in [3.8, 4) is 0 Å². The van der Waals surface area contributed by atoms with Crippen LogP contribution in [0.5, 0.6) is 0 Å². The SMILES string of the molecule is CC(=O)OC[C@H]1OC(OCCC[Si](C)(OC(C)C)OC(C)C)[C@H](OC(C)=O)[C@@H](OC(C)=O)[C@@H]1OC(C)=O. The van der Waals surface area contributed by atoms with Crippen LogP contribution >= 0.6 is 0 Å². The highest BCUT2D eigenvalue weighted by Gasteiger charge is 2.52. The fraction of sp³-hybridized carbons (Fsp3) is 0.833. The van der Waals surface area contributed by atoms with Crippen LogP contribution in [0.25, 0.3) is 0 Å². The molecular weight excluding hydrogens is 508 g/mol. The Hall–Kier alpha value is -2.06. The molecule has 12 nitrogen and oxygen atoms in total. The Morgan fingerprint density at radius 3 is 1.70 bits per heavy atom. The van der Waals surface area contributed by atoms with E-state index in [1.165, 1.54) is 13.8 Å². The molecule has 1 saturated heterocycles. The Bertz CT molecular complexity index is 761. The first kappa shape index (κ1) is 33.0. The van der Waals surface area contributed by atoms with Gasteiger partial charge in [-0.3, -0.25) is 19.2 Å². The van der Waals surface area contributed by atoms with Gasteiger partial charge in [0.05, 0.1) is 0 Å². The second-order valence-corrected chi connectivity index (χ2v) is 12.7. The van der Waals surface area contributed by atoms with Crippen molar-refractivity contribution in [1.29, 1.82) is 0 Å². The van der Waals surface area contributed by atoms with Gasteiger partial charge in [-0.15, -0.1) is 0 Å². The fourth-order valence-electron chi connectivity index (χ4n) is 4.06. The van der Waals surface area contributed by atoms with Gasteiger partial charge in [-0.05, 0) is 46.7 Å². The van der Waals surface area contributed by atoms with Gasteiger partial charge in [0.15, 0.2) is 24.6 Å². The number of ether oxygens (including phenoxy) is 6. The Morgan fingerprint density at radius 2 is 1.24 bits per heavy atom. The highest BCUT2D eigenvalue weighted by atomic mass is 28.4. The standard InChI is InChI=1S/C24H42O12Si/c1-14(2)35-37(9,36-15(3)4)12-10-11-29-24-23(33-19(8)28)22(32-18(7)27)21(31-17(6)26)20(34-24)13-30-16(5)25/h14-15,20-24H,10-13H2,1-9H3/t20-,21-,22+,23-,24?/m1/s1. The monoisotopic (exact) mass is 550 g/mol. The first-order valence-corrected chi connectivity index (χ1v) is 14.9. The summed E-state index contributed by atoms with van der Waals surface area (Å²) >= 11 is 0. The van der Waals surface area contributed by atoms with E-state index < -0.39 is 63.1 Å². The van der Waals surface area contributed by atoms with Crippen LogP contribution in [0.4, 0.5) is 0 Å². The lowest BCUT2D eigenvalue weighted by molar-refractivity contribution is -0.308. The Balaban J connectivity index is 3.13. The molecule has 1 aliphatic heterocycles. The molecule has 1 unspecified atom stereocenters. The summed E-state index contributed by atoms with van der Waals surface area (Å²) in [5.41, 5.74) is 0. The molecule has 13 heteroatoms. The average Bonchev–Trinajstić information content (AvgIpc) is 2.71. The molecule has 1 fully saturated rings. The zero-order chi connectivity index (χ0) is 28.3. The third-order valence-corrected chi connectivity index (χ3v) is 8.18. The summed E-state index contributed by atoms with van der Waals surface area (Å²) in [7, 11) is -2.50. The lowest BCUT2D eigenvalue weighted by Crippen LogP contribution is -2.63. The molecule has 1 rings (SSSR count). The average molecular weight is 551 g/mol. The fourth-order valence-corrected chi connectivity index (χ4v) is 7.13. The maximum atomic E-state index is 11.9. The number of carbonyl (C=O) groups is 4. The molecule has 1 aliphatic rings. The van der Waals surface area contributed by atoms with Crippen LogP contribution in [-0.4, -0.2) is 88.6 Å². The van der Waals surface area contributed by atoms with E-state index in [0.717, 1.165) is 13.8 Å². The van der Waals surface area contributed by atoms with Gasteiger partial charge < -0.3 is 37.3 Å². The van der Waals surface area contributed by atoms with E-state index in [0.29, 0.717) is 12.5 Å². The lowest BCUT2D eigenvalue weighted by atomic mass is 9.98. The van der Waals surface area contributed by atoms with Crippen molar-refractivity contribution in [2.75, 3.05) is 13.2 Å². The van der Waals surface area contributed by atoms with Crippen molar-refractivity contribution in [3.05, 3.63) is 0 Å². The van der Waals surface area contributed by atoms with Crippen molar-refractivity contribution < 1.29 is 56.5 Å². The van der Waals surface area contributed by atoms with Gasteiger partial charge in [0.25, 0.3) is 0 Å². The molecule has 0 N–H and O–H groups in total. The maximum Gasteiger partial charge on any atom is 0.335 e. The lowest BCUT2D eigenvalue weighted by Gasteiger charge is -2.44. The minimum atomic E-state index is -2.50. The number of hydrogen-bond donors (Lipinski definition) is 0. The van der Waals surface area contributed by atoms with Crippen LogP contribution in [-0.2, 0) is 56.5 Å². The van der Waals surface area contributed by atoms with E-state index >= 15 is 0 Å². The predicted molar refractivity (Wildman–Crippen MR) is 131 cm³/mol. The van der Waals surface area contributed by atoms with Crippen molar-refractivity contribution in [1.82, 2.24) is 0 Å². The second-order valence-electron chi connectivity index (χ2n) is 9.51. The summed E-state index contributed by atoms with van der Waals surface area (Å²) in [4.78, 5) is 47.1. The maximum absolute atomic E-state index is 11.9. The Morgan fingerprint density at radius 1 is 0.757 bits per heavy atom. The molecule has 0 aromatic heterocycles. The summed E-state index contributed by atoms with van der Waals surface area (Å²) in [6.07, 6.45) is -5.46. The van der Waals surface area contributed by atoms with Crippen LogP contribution in [0.15, 0.2) is 0 Å². The quantitative estimate of drug-likeness (QED) is 0.136. The van der Waals surface area contributed by atoms with Crippen LogP contribution in [0, 0.1) is 0 Å². The summed E-state index contributed by atoms with van der Waals surface area (Å²) in [6, 6.07) is 0.620. The van der Waals surface area contributed by atoms with Gasteiger partial charge in [-0.25, -0.2) is 0 Å². The Kier molecular flexibility index (Phi) is 13.7. The highest BCUT2D eigenvalue weighted by Crippen LogP contribution is 2.30. The van der Waals surface area contributed by atoms with Crippen LogP contribution in [0.2, 0.25) is 12.6 Å². The number of rotatable bonds is 14. The Labute approximate surface area is 219 Å². The normalized spacial score (nSPS) is 24.0. The van der Waals surface area contributed by atoms with E-state index in [9.17, 15) is 19.2 Å². The van der Waals surface area contributed by atoms with Gasteiger partial charge in [0.1, 0.15) is 12.7 Å². The van der Waals surface area contributed by atoms with Crippen molar-refractivity contribution in [3.63, 3.8) is 0 Å². The third kappa shape index (κ3) is 12.4. The molecule has 1 heterocycles. The minimum absolute atomic E-state index is 0.00362. The first-order chi connectivity index (χ1) is 17.1. The van der Waals surface area contributed by atoms with Crippen LogP contribution < -0.4 is 0 Å². The summed E-state index contributed by atoms with van der Waals surface area (Å²) in [6.45, 7) is 14.3. The smallest absolute Gasteiger partial charge is 0.335 e. The summed E-state index contributed by atoms with van der Waals surface area (Å²) in [5.74, 6) is -2.67. The molecule has 37 heavy (non-hydrogen) atoms. The molecule has 0 spiro atoms. The zero-order valence-corrected chi connectivity index (χ0v) is 24.3. The van der Waals surface area contributed by atoms with E-state index in [1.807, 2.05) is 34.2 Å². The predicted octanol–water partition coefficient (Wildman–Crippen LogP) is 2.40. The highest BCUT2D eigenvalue weighted by molar-refractivity contribution is 6.66. The van der Waals surface area contributed by atoms with Gasteiger partial charge in [-0.1, -0.05) is 0 Å². The van der Waals surface area contributed by atoms with Gasteiger partial charge in [-0.2, -0.15) is 0 Å². The number of carbonyl (C=O) groups excluding carboxylic acids is 4. The van der Waals surface area contributed by atoms with Gasteiger partial charge in [0.2, 0.25) is 0 Å². The van der Waals surface area contributed by atoms with E-state index in [2.05, 4.69) is 0 Å². The minimum Gasteiger partial charge on any atom is -0.463 e. The molecule has 0 saturated carbocycles. The second kappa shape index (κ2) is 15.4. The van der Waals surface area contributed by atoms with E-state index in [1.54, 1.807) is 0 Å². The van der Waals surface area contributed by atoms with Crippen molar-refractivity contribution >= 4 is 32.4 Å². The van der Waals surface area contributed by atoms with Crippen LogP contribution in [0.3, 0.4) is 0 Å². The largest absolute Gasteiger partial charge is 0.463 e. The molecule has 0 aromatic rings. The first-order valence-electron chi connectivity index (χ1n) is 12.4. The molecule has 5 atom stereocenters. The van der Waals surface area contributed by atoms with E-state index in [4.69, 9.17) is 37.3 Å². The van der Waals surface area contributed by atoms with Gasteiger partial charge >= 0.3 is 32.4 Å². The summed E-state index contributed by atoms with van der Waals surface area (Å²) < 4.78 is 45.3. The molecular formula is C24H42O12Si.